The number of carbonyl (C=O) groups is 3. The zero-order valence-electron chi connectivity index (χ0n) is 25.3. The lowest BCUT2D eigenvalue weighted by atomic mass is 10.0. The summed E-state index contributed by atoms with van der Waals surface area (Å²) < 4.78 is 17.1. The third-order valence-corrected chi connectivity index (χ3v) is 7.96. The zero-order chi connectivity index (χ0) is 30.3. The Balaban J connectivity index is 1.61. The smallest absolute Gasteiger partial charge is 0.306 e. The van der Waals surface area contributed by atoms with E-state index >= 15 is 0 Å². The van der Waals surface area contributed by atoms with Crippen LogP contribution in [0.5, 0.6) is 11.6 Å². The molecule has 1 aromatic heterocycles. The van der Waals surface area contributed by atoms with Crippen molar-refractivity contribution in [3.05, 3.63) is 42.1 Å². The SMILES string of the molecule is CCCCC(CC)COC(=O)CCSc1cc(OC[C@H](C)NC(C)=O)ncc1NC(=O)c1ccc(OCC2CC2)cc1. The molecule has 1 fully saturated rings. The minimum Gasteiger partial charge on any atom is -0.493 e. The van der Waals surface area contributed by atoms with Gasteiger partial charge in [0.05, 0.1) is 37.6 Å². The Kier molecular flexibility index (Phi) is 14.0. The van der Waals surface area contributed by atoms with Gasteiger partial charge in [0.25, 0.3) is 5.91 Å². The number of benzene rings is 1. The van der Waals surface area contributed by atoms with Crippen LogP contribution in [0.15, 0.2) is 41.4 Å². The van der Waals surface area contributed by atoms with E-state index in [2.05, 4.69) is 29.5 Å². The summed E-state index contributed by atoms with van der Waals surface area (Å²) in [6.07, 6.45) is 8.53. The molecule has 10 heteroatoms. The average molecular weight is 600 g/mol. The van der Waals surface area contributed by atoms with Crippen LogP contribution in [0.1, 0.15) is 83.0 Å². The van der Waals surface area contributed by atoms with Gasteiger partial charge in [0.1, 0.15) is 12.4 Å². The van der Waals surface area contributed by atoms with Gasteiger partial charge in [-0.15, -0.1) is 11.8 Å². The molecular weight excluding hydrogens is 554 g/mol. The van der Waals surface area contributed by atoms with E-state index < -0.39 is 0 Å². The molecule has 0 saturated heterocycles. The molecule has 9 nitrogen and oxygen atoms in total. The van der Waals surface area contributed by atoms with Gasteiger partial charge in [-0.2, -0.15) is 0 Å². The van der Waals surface area contributed by atoms with Crippen LogP contribution >= 0.6 is 11.8 Å². The number of thioether (sulfide) groups is 1. The zero-order valence-corrected chi connectivity index (χ0v) is 26.1. The number of amides is 2. The van der Waals surface area contributed by atoms with Crippen molar-refractivity contribution >= 4 is 35.2 Å². The van der Waals surface area contributed by atoms with Crippen molar-refractivity contribution in [2.75, 3.05) is 30.9 Å². The van der Waals surface area contributed by atoms with E-state index in [1.165, 1.54) is 31.5 Å². The number of pyridine rings is 1. The monoisotopic (exact) mass is 599 g/mol. The first-order chi connectivity index (χ1) is 20.3. The highest BCUT2D eigenvalue weighted by Gasteiger charge is 2.22. The van der Waals surface area contributed by atoms with E-state index in [9.17, 15) is 14.4 Å². The lowest BCUT2D eigenvalue weighted by Crippen LogP contribution is -2.35. The number of unbranched alkanes of at least 4 members (excludes halogenated alkanes) is 1. The molecule has 1 aliphatic carbocycles. The number of nitrogens with one attached hydrogen (secondary N) is 2. The Morgan fingerprint density at radius 2 is 1.86 bits per heavy atom. The third-order valence-electron chi connectivity index (χ3n) is 6.91. The number of esters is 1. The van der Waals surface area contributed by atoms with Gasteiger partial charge in [-0.3, -0.25) is 14.4 Å². The second kappa shape index (κ2) is 17.6. The molecule has 0 spiro atoms. The number of nitrogens with zero attached hydrogens (tertiary/aromatic N) is 1. The molecular formula is C32H45N3O6S. The van der Waals surface area contributed by atoms with E-state index in [-0.39, 0.29) is 36.9 Å². The molecule has 2 N–H and O–H groups in total. The van der Waals surface area contributed by atoms with Gasteiger partial charge in [0.2, 0.25) is 11.8 Å². The van der Waals surface area contributed by atoms with Crippen molar-refractivity contribution in [1.29, 1.82) is 0 Å². The molecule has 0 aliphatic heterocycles. The summed E-state index contributed by atoms with van der Waals surface area (Å²) in [5.74, 6) is 1.95. The van der Waals surface area contributed by atoms with Gasteiger partial charge in [-0.1, -0.05) is 33.1 Å². The summed E-state index contributed by atoms with van der Waals surface area (Å²) in [7, 11) is 0. The van der Waals surface area contributed by atoms with E-state index in [1.807, 2.05) is 6.92 Å². The summed E-state index contributed by atoms with van der Waals surface area (Å²) in [5.41, 5.74) is 1.01. The van der Waals surface area contributed by atoms with E-state index in [4.69, 9.17) is 14.2 Å². The fourth-order valence-corrected chi connectivity index (χ4v) is 5.06. The largest absolute Gasteiger partial charge is 0.493 e. The maximum absolute atomic E-state index is 13.1. The predicted molar refractivity (Wildman–Crippen MR) is 165 cm³/mol. The van der Waals surface area contributed by atoms with Gasteiger partial charge < -0.3 is 24.8 Å². The van der Waals surface area contributed by atoms with E-state index in [0.29, 0.717) is 52.8 Å². The fourth-order valence-electron chi connectivity index (χ4n) is 4.13. The Labute approximate surface area is 253 Å². The lowest BCUT2D eigenvalue weighted by molar-refractivity contribution is -0.144. The molecule has 2 aromatic rings. The minimum atomic E-state index is -0.280. The van der Waals surface area contributed by atoms with Gasteiger partial charge in [0.15, 0.2) is 0 Å². The first kappa shape index (κ1) is 33.2. The van der Waals surface area contributed by atoms with Crippen LogP contribution in [0.2, 0.25) is 0 Å². The first-order valence-electron chi connectivity index (χ1n) is 15.0. The second-order valence-corrected chi connectivity index (χ2v) is 12.0. The van der Waals surface area contributed by atoms with Gasteiger partial charge in [-0.05, 0) is 62.3 Å². The van der Waals surface area contributed by atoms with Crippen LogP contribution in [-0.2, 0) is 14.3 Å². The number of anilines is 1. The summed E-state index contributed by atoms with van der Waals surface area (Å²) in [4.78, 5) is 41.9. The van der Waals surface area contributed by atoms with Crippen molar-refractivity contribution in [3.8, 4) is 11.6 Å². The molecule has 1 saturated carbocycles. The van der Waals surface area contributed by atoms with Crippen LogP contribution in [0.3, 0.4) is 0 Å². The highest BCUT2D eigenvalue weighted by molar-refractivity contribution is 7.99. The third kappa shape index (κ3) is 12.3. The van der Waals surface area contributed by atoms with E-state index in [1.54, 1.807) is 36.5 Å². The Hall–Kier alpha value is -3.27. The molecule has 1 heterocycles. The number of ether oxygens (including phenoxy) is 3. The van der Waals surface area contributed by atoms with Crippen LogP contribution in [-0.4, -0.2) is 54.4 Å². The van der Waals surface area contributed by atoms with Crippen molar-refractivity contribution in [2.24, 2.45) is 11.8 Å². The van der Waals surface area contributed by atoms with E-state index in [0.717, 1.165) is 31.4 Å². The standard InChI is InChI=1S/C32H45N3O6S/c1-5-7-8-24(6-2)20-41-31(37)15-16-42-29-17-30(40-19-22(3)34-23(4)36)33-18-28(29)35-32(38)26-11-13-27(14-12-26)39-21-25-9-10-25/h11-14,17-18,22,24-25H,5-10,15-16,19-21H2,1-4H3,(H,34,36)(H,35,38)/t22-,24?/m0/s1. The number of rotatable bonds is 19. The summed E-state index contributed by atoms with van der Waals surface area (Å²) in [5, 5.41) is 5.71. The fraction of sp³-hybridized carbons (Fsp3) is 0.562. The highest BCUT2D eigenvalue weighted by atomic mass is 32.2. The van der Waals surface area contributed by atoms with Gasteiger partial charge in [0, 0.05) is 29.2 Å². The molecule has 2 amide bonds. The normalized spacial score (nSPS) is 14.0. The second-order valence-electron chi connectivity index (χ2n) is 10.9. The quantitative estimate of drug-likeness (QED) is 0.143. The Morgan fingerprint density at radius 1 is 1.10 bits per heavy atom. The van der Waals surface area contributed by atoms with Crippen LogP contribution in [0.4, 0.5) is 5.69 Å². The number of hydrogen-bond acceptors (Lipinski definition) is 8. The van der Waals surface area contributed by atoms with Crippen LogP contribution in [0.25, 0.3) is 0 Å². The number of hydrogen-bond donors (Lipinski definition) is 2. The van der Waals surface area contributed by atoms with Crippen molar-refractivity contribution in [3.63, 3.8) is 0 Å². The number of carbonyl (C=O) groups excluding carboxylic acids is 3. The summed E-state index contributed by atoms with van der Waals surface area (Å²) in [6.45, 7) is 8.97. The van der Waals surface area contributed by atoms with Crippen molar-refractivity contribution in [1.82, 2.24) is 10.3 Å². The van der Waals surface area contributed by atoms with Crippen LogP contribution in [0, 0.1) is 11.8 Å². The minimum absolute atomic E-state index is 0.140. The molecule has 0 bridgehead atoms. The lowest BCUT2D eigenvalue weighted by Gasteiger charge is -2.16. The molecule has 0 radical (unpaired) electrons. The molecule has 230 valence electrons. The predicted octanol–water partition coefficient (Wildman–Crippen LogP) is 6.27. The summed E-state index contributed by atoms with van der Waals surface area (Å²) >= 11 is 1.42. The van der Waals surface area contributed by atoms with Gasteiger partial charge >= 0.3 is 5.97 Å². The highest BCUT2D eigenvalue weighted by Crippen LogP contribution is 2.32. The molecule has 3 rings (SSSR count). The summed E-state index contributed by atoms with van der Waals surface area (Å²) in [6, 6.07) is 8.61. The molecule has 1 aromatic carbocycles. The molecule has 1 aliphatic rings. The van der Waals surface area contributed by atoms with Crippen molar-refractivity contribution < 1.29 is 28.6 Å². The van der Waals surface area contributed by atoms with Crippen LogP contribution < -0.4 is 20.1 Å². The first-order valence-corrected chi connectivity index (χ1v) is 16.0. The topological polar surface area (TPSA) is 116 Å². The van der Waals surface area contributed by atoms with Gasteiger partial charge in [-0.25, -0.2) is 4.98 Å². The number of aromatic nitrogens is 1. The molecule has 2 atom stereocenters. The molecule has 1 unspecified atom stereocenters. The van der Waals surface area contributed by atoms with Crippen molar-refractivity contribution in [2.45, 2.75) is 83.6 Å². The average Bonchev–Trinajstić information content (AvgIpc) is 3.81. The Bertz CT molecular complexity index is 1160. The maximum Gasteiger partial charge on any atom is 0.306 e. The Morgan fingerprint density at radius 3 is 2.52 bits per heavy atom. The maximum atomic E-state index is 13.1. The molecule has 42 heavy (non-hydrogen) atoms.